The van der Waals surface area contributed by atoms with Gasteiger partial charge in [-0.15, -0.1) is 0 Å². The molecule has 0 bridgehead atoms. The number of hydrogen-bond donors (Lipinski definition) is 2. The van der Waals surface area contributed by atoms with Crippen LogP contribution in [0, 0.1) is 12.7 Å². The topological polar surface area (TPSA) is 66.9 Å². The van der Waals surface area contributed by atoms with Gasteiger partial charge in [0.05, 0.1) is 23.1 Å². The third-order valence-corrected chi connectivity index (χ3v) is 2.90. The summed E-state index contributed by atoms with van der Waals surface area (Å²) in [6, 6.07) is 4.64. The minimum atomic E-state index is -0.551. The van der Waals surface area contributed by atoms with Crippen LogP contribution in [0.25, 0.3) is 0 Å². The van der Waals surface area contributed by atoms with E-state index in [9.17, 15) is 9.18 Å². The Morgan fingerprint density at radius 3 is 2.90 bits per heavy atom. The quantitative estimate of drug-likeness (QED) is 0.887. The predicted molar refractivity (Wildman–Crippen MR) is 79.9 cm³/mol. The Morgan fingerprint density at radius 1 is 1.38 bits per heavy atom. The number of carbonyl (C=O) groups excluding carboxylic acids is 1. The monoisotopic (exact) mass is 288 g/mol. The molecule has 0 fully saturated rings. The van der Waals surface area contributed by atoms with Crippen molar-refractivity contribution < 1.29 is 9.18 Å². The Kier molecular flexibility index (Phi) is 4.81. The standard InChI is InChI=1S/C15H17FN4O/c1-3-6-18-14-12(8-11(16)9-19-14)15(21)20-13-5-4-7-17-10(13)2/h4-5,7-9H,3,6H2,1-2H3,(H,18,19)(H,20,21). The van der Waals surface area contributed by atoms with Crippen molar-refractivity contribution in [2.45, 2.75) is 20.3 Å². The van der Waals surface area contributed by atoms with Gasteiger partial charge in [0, 0.05) is 12.7 Å². The van der Waals surface area contributed by atoms with Crippen LogP contribution < -0.4 is 10.6 Å². The Labute approximate surface area is 122 Å². The molecule has 6 heteroatoms. The maximum Gasteiger partial charge on any atom is 0.259 e. The molecule has 2 N–H and O–H groups in total. The number of rotatable bonds is 5. The molecule has 5 nitrogen and oxygen atoms in total. The summed E-state index contributed by atoms with van der Waals surface area (Å²) in [5.41, 5.74) is 1.46. The number of carbonyl (C=O) groups is 1. The molecule has 0 spiro atoms. The minimum Gasteiger partial charge on any atom is -0.369 e. The Balaban J connectivity index is 2.25. The van der Waals surface area contributed by atoms with Crippen LogP contribution in [0.1, 0.15) is 29.4 Å². The van der Waals surface area contributed by atoms with E-state index in [1.165, 1.54) is 6.07 Å². The summed E-state index contributed by atoms with van der Waals surface area (Å²) < 4.78 is 13.4. The van der Waals surface area contributed by atoms with E-state index in [0.29, 0.717) is 23.7 Å². The van der Waals surface area contributed by atoms with Gasteiger partial charge in [0.25, 0.3) is 5.91 Å². The normalized spacial score (nSPS) is 10.2. The molecule has 0 atom stereocenters. The van der Waals surface area contributed by atoms with E-state index in [1.807, 2.05) is 6.92 Å². The molecule has 0 aliphatic heterocycles. The van der Waals surface area contributed by atoms with Crippen molar-refractivity contribution in [1.29, 1.82) is 0 Å². The van der Waals surface area contributed by atoms with Crippen LogP contribution in [-0.4, -0.2) is 22.4 Å². The smallest absolute Gasteiger partial charge is 0.259 e. The number of aryl methyl sites for hydroxylation is 1. The third-order valence-electron chi connectivity index (χ3n) is 2.90. The number of nitrogens with zero attached hydrogens (tertiary/aromatic N) is 2. The maximum absolute atomic E-state index is 13.4. The van der Waals surface area contributed by atoms with E-state index >= 15 is 0 Å². The first-order valence-corrected chi connectivity index (χ1v) is 6.74. The van der Waals surface area contributed by atoms with E-state index in [1.54, 1.807) is 25.3 Å². The van der Waals surface area contributed by atoms with Crippen molar-refractivity contribution in [3.63, 3.8) is 0 Å². The molecule has 110 valence electrons. The van der Waals surface area contributed by atoms with Crippen LogP contribution in [0.15, 0.2) is 30.6 Å². The highest BCUT2D eigenvalue weighted by atomic mass is 19.1. The van der Waals surface area contributed by atoms with Gasteiger partial charge in [0.1, 0.15) is 11.6 Å². The Bertz CT molecular complexity index is 645. The highest BCUT2D eigenvalue weighted by Crippen LogP contribution is 2.17. The molecule has 0 saturated heterocycles. The lowest BCUT2D eigenvalue weighted by atomic mass is 10.2. The highest BCUT2D eigenvalue weighted by Gasteiger charge is 2.15. The Hall–Kier alpha value is -2.50. The largest absolute Gasteiger partial charge is 0.369 e. The first kappa shape index (κ1) is 14.9. The van der Waals surface area contributed by atoms with Gasteiger partial charge < -0.3 is 10.6 Å². The van der Waals surface area contributed by atoms with Crippen LogP contribution in [0.5, 0.6) is 0 Å². The van der Waals surface area contributed by atoms with E-state index in [0.717, 1.165) is 12.6 Å². The number of halogens is 1. The summed E-state index contributed by atoms with van der Waals surface area (Å²) in [6.07, 6.45) is 3.61. The van der Waals surface area contributed by atoms with Crippen molar-refractivity contribution in [1.82, 2.24) is 9.97 Å². The number of nitrogens with one attached hydrogen (secondary N) is 2. The van der Waals surface area contributed by atoms with Gasteiger partial charge in [-0.2, -0.15) is 0 Å². The third kappa shape index (κ3) is 3.75. The molecule has 1 amide bonds. The van der Waals surface area contributed by atoms with Gasteiger partial charge in [0.2, 0.25) is 0 Å². The van der Waals surface area contributed by atoms with Gasteiger partial charge in [-0.3, -0.25) is 9.78 Å². The molecule has 21 heavy (non-hydrogen) atoms. The summed E-state index contributed by atoms with van der Waals surface area (Å²) in [5.74, 6) is -0.598. The van der Waals surface area contributed by atoms with Crippen LogP contribution in [0.2, 0.25) is 0 Å². The van der Waals surface area contributed by atoms with Crippen molar-refractivity contribution >= 4 is 17.4 Å². The average Bonchev–Trinajstić information content (AvgIpc) is 2.48. The molecule has 0 aliphatic rings. The summed E-state index contributed by atoms with van der Waals surface area (Å²) in [5, 5.41) is 5.74. The van der Waals surface area contributed by atoms with Gasteiger partial charge in [-0.1, -0.05) is 6.92 Å². The lowest BCUT2D eigenvalue weighted by Gasteiger charge is -2.11. The van der Waals surface area contributed by atoms with Gasteiger partial charge >= 0.3 is 0 Å². The predicted octanol–water partition coefficient (Wildman–Crippen LogP) is 3.00. The van der Waals surface area contributed by atoms with E-state index in [4.69, 9.17) is 0 Å². The molecular weight excluding hydrogens is 271 g/mol. The summed E-state index contributed by atoms with van der Waals surface area (Å²) in [4.78, 5) is 20.4. The molecule has 2 aromatic heterocycles. The number of amides is 1. The summed E-state index contributed by atoms with van der Waals surface area (Å²) in [6.45, 7) is 4.44. The first-order chi connectivity index (χ1) is 10.1. The summed E-state index contributed by atoms with van der Waals surface area (Å²) >= 11 is 0. The molecule has 0 radical (unpaired) electrons. The zero-order chi connectivity index (χ0) is 15.2. The second-order valence-corrected chi connectivity index (χ2v) is 4.57. The molecular formula is C15H17FN4O. The molecule has 0 unspecified atom stereocenters. The van der Waals surface area contributed by atoms with Crippen molar-refractivity contribution in [2.75, 3.05) is 17.2 Å². The number of pyridine rings is 2. The van der Waals surface area contributed by atoms with Crippen molar-refractivity contribution in [2.24, 2.45) is 0 Å². The molecule has 2 rings (SSSR count). The molecule has 2 heterocycles. The van der Waals surface area contributed by atoms with E-state index < -0.39 is 11.7 Å². The van der Waals surface area contributed by atoms with Gasteiger partial charge in [0.15, 0.2) is 0 Å². The highest BCUT2D eigenvalue weighted by molar-refractivity contribution is 6.07. The number of aromatic nitrogens is 2. The zero-order valence-electron chi connectivity index (χ0n) is 12.0. The van der Waals surface area contributed by atoms with Crippen LogP contribution in [0.3, 0.4) is 0 Å². The second-order valence-electron chi connectivity index (χ2n) is 4.57. The fourth-order valence-electron chi connectivity index (χ4n) is 1.80. The Morgan fingerprint density at radius 2 is 2.19 bits per heavy atom. The van der Waals surface area contributed by atoms with E-state index in [-0.39, 0.29) is 5.56 Å². The van der Waals surface area contributed by atoms with Crippen LogP contribution in [-0.2, 0) is 0 Å². The second kappa shape index (κ2) is 6.78. The fraction of sp³-hybridized carbons (Fsp3) is 0.267. The molecule has 0 aromatic carbocycles. The molecule has 0 saturated carbocycles. The molecule has 2 aromatic rings. The lowest BCUT2D eigenvalue weighted by molar-refractivity contribution is 0.102. The van der Waals surface area contributed by atoms with Crippen LogP contribution >= 0.6 is 0 Å². The summed E-state index contributed by atoms with van der Waals surface area (Å²) in [7, 11) is 0. The fourth-order valence-corrected chi connectivity index (χ4v) is 1.80. The van der Waals surface area contributed by atoms with E-state index in [2.05, 4.69) is 20.6 Å². The number of hydrogen-bond acceptors (Lipinski definition) is 4. The van der Waals surface area contributed by atoms with Gasteiger partial charge in [-0.25, -0.2) is 9.37 Å². The van der Waals surface area contributed by atoms with Crippen molar-refractivity contribution in [3.05, 3.63) is 47.7 Å². The number of anilines is 2. The SMILES string of the molecule is CCCNc1ncc(F)cc1C(=O)Nc1cccnc1C. The average molecular weight is 288 g/mol. The van der Waals surface area contributed by atoms with Gasteiger partial charge in [-0.05, 0) is 31.5 Å². The minimum absolute atomic E-state index is 0.173. The molecule has 0 aliphatic carbocycles. The first-order valence-electron chi connectivity index (χ1n) is 6.74. The lowest BCUT2D eigenvalue weighted by Crippen LogP contribution is -2.17. The maximum atomic E-state index is 13.4. The zero-order valence-corrected chi connectivity index (χ0v) is 12.0. The van der Waals surface area contributed by atoms with Crippen LogP contribution in [0.4, 0.5) is 15.9 Å². The van der Waals surface area contributed by atoms with Crippen molar-refractivity contribution in [3.8, 4) is 0 Å².